The molecule has 0 bridgehead atoms. The lowest BCUT2D eigenvalue weighted by molar-refractivity contribution is 0.566. The molecule has 0 rings (SSSR count). The molecule has 0 saturated heterocycles. The zero-order valence-electron chi connectivity index (χ0n) is 12.5. The van der Waals surface area contributed by atoms with E-state index in [0.29, 0.717) is 5.54 Å². The fourth-order valence-electron chi connectivity index (χ4n) is 2.25. The number of hydrogen-bond donors (Lipinski definition) is 0. The van der Waals surface area contributed by atoms with E-state index in [1.807, 2.05) is 0 Å². The largest absolute Gasteiger partial charge is 0.120 e. The van der Waals surface area contributed by atoms with Gasteiger partial charge in [-0.3, -0.25) is 0 Å². The van der Waals surface area contributed by atoms with Crippen molar-refractivity contribution in [3.8, 4) is 12.3 Å². The van der Waals surface area contributed by atoms with Gasteiger partial charge in [-0.1, -0.05) is 77.9 Å². The number of terminal acetylenes is 1. The van der Waals surface area contributed by atoms with Crippen LogP contribution in [-0.2, 0) is 0 Å². The first-order valence-corrected chi connectivity index (χ1v) is 11.1. The van der Waals surface area contributed by atoms with Crippen molar-refractivity contribution < 1.29 is 0 Å². The van der Waals surface area contributed by atoms with Gasteiger partial charge in [-0.2, -0.15) is 0 Å². The van der Waals surface area contributed by atoms with Gasteiger partial charge in [0.2, 0.25) is 0 Å². The van der Waals surface area contributed by atoms with Crippen LogP contribution in [0.2, 0.25) is 25.2 Å². The van der Waals surface area contributed by atoms with E-state index in [0.717, 1.165) is 0 Å². The average Bonchev–Trinajstić information content (AvgIpc) is 2.25. The lowest BCUT2D eigenvalue weighted by atomic mass is 10.1. The minimum Gasteiger partial charge on any atom is -0.120 e. The highest BCUT2D eigenvalue weighted by molar-refractivity contribution is 6.78. The van der Waals surface area contributed by atoms with Crippen molar-refractivity contribution in [2.24, 2.45) is 0 Å². The molecule has 17 heavy (non-hydrogen) atoms. The quantitative estimate of drug-likeness (QED) is 0.259. The van der Waals surface area contributed by atoms with Crippen molar-refractivity contribution in [2.45, 2.75) is 89.9 Å². The van der Waals surface area contributed by atoms with E-state index < -0.39 is 8.07 Å². The van der Waals surface area contributed by atoms with Gasteiger partial charge in [0.1, 0.15) is 0 Å². The summed E-state index contributed by atoms with van der Waals surface area (Å²) < 4.78 is 0. The third kappa shape index (κ3) is 9.48. The third-order valence-corrected chi connectivity index (χ3v) is 6.14. The second-order valence-electron chi connectivity index (χ2n) is 6.35. The second-order valence-corrected chi connectivity index (χ2v) is 11.8. The van der Waals surface area contributed by atoms with Crippen LogP contribution in [-0.4, -0.2) is 8.07 Å². The van der Waals surface area contributed by atoms with Crippen LogP contribution in [0.1, 0.15) is 64.7 Å². The van der Waals surface area contributed by atoms with E-state index in [4.69, 9.17) is 6.42 Å². The van der Waals surface area contributed by atoms with Gasteiger partial charge in [-0.15, -0.1) is 12.3 Å². The minimum atomic E-state index is -1.11. The van der Waals surface area contributed by atoms with Crippen LogP contribution in [0, 0.1) is 12.3 Å². The van der Waals surface area contributed by atoms with Crippen molar-refractivity contribution in [1.82, 2.24) is 0 Å². The summed E-state index contributed by atoms with van der Waals surface area (Å²) in [4.78, 5) is 0. The van der Waals surface area contributed by atoms with E-state index in [-0.39, 0.29) is 0 Å². The molecule has 0 heterocycles. The molecule has 0 saturated carbocycles. The number of hydrogen-bond acceptors (Lipinski definition) is 0. The van der Waals surface area contributed by atoms with Crippen molar-refractivity contribution in [3.05, 3.63) is 0 Å². The smallest absolute Gasteiger partial charge is 0.0612 e. The summed E-state index contributed by atoms with van der Waals surface area (Å²) in [5.74, 6) is 3.02. The first-order chi connectivity index (χ1) is 8.02. The Hall–Kier alpha value is -0.223. The van der Waals surface area contributed by atoms with Crippen molar-refractivity contribution in [3.63, 3.8) is 0 Å². The molecule has 0 aromatic heterocycles. The molecule has 1 heteroatoms. The highest BCUT2D eigenvalue weighted by Crippen LogP contribution is 2.27. The number of unbranched alkanes of at least 4 members (excludes halogenated alkanes) is 7. The summed E-state index contributed by atoms with van der Waals surface area (Å²) in [6.45, 7) is 9.45. The van der Waals surface area contributed by atoms with Gasteiger partial charge in [0.05, 0.1) is 8.07 Å². The maximum atomic E-state index is 5.64. The topological polar surface area (TPSA) is 0 Å². The molecule has 1 unspecified atom stereocenters. The Morgan fingerprint density at radius 2 is 1.35 bits per heavy atom. The molecule has 0 aromatic rings. The standard InChI is InChI=1S/C16H32Si/c1-6-8-9-10-11-12-13-14-15-16(7-2)17(3,4)5/h2,16H,6,8-15H2,1,3-5H3. The van der Waals surface area contributed by atoms with Crippen LogP contribution < -0.4 is 0 Å². The molecule has 0 nitrogen and oxygen atoms in total. The third-order valence-electron chi connectivity index (χ3n) is 3.59. The second kappa shape index (κ2) is 9.77. The lowest BCUT2D eigenvalue weighted by Gasteiger charge is -2.24. The Balaban J connectivity index is 3.42. The molecule has 1 atom stereocenters. The Kier molecular flexibility index (Phi) is 9.64. The summed E-state index contributed by atoms with van der Waals surface area (Å²) in [5, 5.41) is 0. The Labute approximate surface area is 111 Å². The summed E-state index contributed by atoms with van der Waals surface area (Å²) in [7, 11) is -1.11. The van der Waals surface area contributed by atoms with Crippen LogP contribution in [0.5, 0.6) is 0 Å². The van der Waals surface area contributed by atoms with E-state index in [2.05, 4.69) is 32.5 Å². The highest BCUT2D eigenvalue weighted by Gasteiger charge is 2.23. The van der Waals surface area contributed by atoms with Crippen LogP contribution in [0.15, 0.2) is 0 Å². The molecular weight excluding hydrogens is 220 g/mol. The van der Waals surface area contributed by atoms with E-state index in [1.165, 1.54) is 57.8 Å². The zero-order chi connectivity index (χ0) is 13.1. The number of rotatable bonds is 10. The van der Waals surface area contributed by atoms with E-state index in [1.54, 1.807) is 0 Å². The van der Waals surface area contributed by atoms with Gasteiger partial charge in [0, 0.05) is 5.54 Å². The summed E-state index contributed by atoms with van der Waals surface area (Å²) >= 11 is 0. The predicted molar refractivity (Wildman–Crippen MR) is 83.2 cm³/mol. The molecule has 0 aliphatic heterocycles. The molecule has 0 radical (unpaired) electrons. The van der Waals surface area contributed by atoms with Crippen molar-refractivity contribution in [1.29, 1.82) is 0 Å². The van der Waals surface area contributed by atoms with Crippen LogP contribution in [0.25, 0.3) is 0 Å². The summed E-state index contributed by atoms with van der Waals surface area (Å²) in [6.07, 6.45) is 18.1. The predicted octanol–water partition coefficient (Wildman–Crippen LogP) is 5.86. The van der Waals surface area contributed by atoms with Crippen molar-refractivity contribution >= 4 is 8.07 Å². The molecule has 0 spiro atoms. The van der Waals surface area contributed by atoms with Crippen LogP contribution in [0.4, 0.5) is 0 Å². The zero-order valence-corrected chi connectivity index (χ0v) is 13.5. The maximum Gasteiger partial charge on any atom is 0.0612 e. The first-order valence-electron chi connectivity index (χ1n) is 7.48. The van der Waals surface area contributed by atoms with Crippen molar-refractivity contribution in [2.75, 3.05) is 0 Å². The van der Waals surface area contributed by atoms with E-state index >= 15 is 0 Å². The van der Waals surface area contributed by atoms with Gasteiger partial charge < -0.3 is 0 Å². The molecule has 0 amide bonds. The van der Waals surface area contributed by atoms with Crippen LogP contribution in [0.3, 0.4) is 0 Å². The Morgan fingerprint density at radius 3 is 1.76 bits per heavy atom. The fraction of sp³-hybridized carbons (Fsp3) is 0.875. The van der Waals surface area contributed by atoms with Gasteiger partial charge in [0.25, 0.3) is 0 Å². The summed E-state index contributed by atoms with van der Waals surface area (Å²) in [6, 6.07) is 0. The molecule has 0 aliphatic carbocycles. The average molecular weight is 253 g/mol. The highest BCUT2D eigenvalue weighted by atomic mass is 28.3. The molecule has 100 valence electrons. The van der Waals surface area contributed by atoms with E-state index in [9.17, 15) is 0 Å². The normalized spacial score (nSPS) is 13.4. The Bertz CT molecular complexity index is 207. The fourth-order valence-corrected chi connectivity index (χ4v) is 3.82. The molecule has 0 aliphatic rings. The Morgan fingerprint density at radius 1 is 0.882 bits per heavy atom. The minimum absolute atomic E-state index is 0.586. The molecule has 0 aromatic carbocycles. The SMILES string of the molecule is C#CC(CCCCCCCCCC)[Si](C)(C)C. The lowest BCUT2D eigenvalue weighted by Crippen LogP contribution is -2.27. The molecule has 0 N–H and O–H groups in total. The van der Waals surface area contributed by atoms with Crippen LogP contribution >= 0.6 is 0 Å². The van der Waals surface area contributed by atoms with Gasteiger partial charge >= 0.3 is 0 Å². The molecular formula is C16H32Si. The first kappa shape index (κ1) is 16.8. The van der Waals surface area contributed by atoms with Gasteiger partial charge in [-0.25, -0.2) is 0 Å². The van der Waals surface area contributed by atoms with Gasteiger partial charge in [0.15, 0.2) is 0 Å². The van der Waals surface area contributed by atoms with Gasteiger partial charge in [-0.05, 0) is 6.42 Å². The summed E-state index contributed by atoms with van der Waals surface area (Å²) in [5.41, 5.74) is 0.586. The monoisotopic (exact) mass is 252 g/mol. The molecule has 0 fully saturated rings. The maximum absolute atomic E-state index is 5.64.